The van der Waals surface area contributed by atoms with E-state index < -0.39 is 0 Å². The van der Waals surface area contributed by atoms with Crippen molar-refractivity contribution in [3.63, 3.8) is 0 Å². The Bertz CT molecular complexity index is 406. The van der Waals surface area contributed by atoms with Crippen LogP contribution in [0.2, 0.25) is 0 Å². The largest absolute Gasteiger partial charge is 0.497 e. The van der Waals surface area contributed by atoms with Gasteiger partial charge in [-0.3, -0.25) is 4.79 Å². The van der Waals surface area contributed by atoms with Crippen LogP contribution in [0.4, 0.5) is 0 Å². The summed E-state index contributed by atoms with van der Waals surface area (Å²) < 4.78 is 5.09. The summed E-state index contributed by atoms with van der Waals surface area (Å²) in [5, 5.41) is 3.02. The minimum atomic E-state index is 0.0151. The third-order valence-electron chi connectivity index (χ3n) is 4.17. The van der Waals surface area contributed by atoms with Crippen LogP contribution in [0.25, 0.3) is 0 Å². The van der Waals surface area contributed by atoms with E-state index in [9.17, 15) is 4.79 Å². The molecule has 0 radical (unpaired) electrons. The Hall–Kier alpha value is -1.51. The van der Waals surface area contributed by atoms with E-state index in [4.69, 9.17) is 4.74 Å². The lowest BCUT2D eigenvalue weighted by Crippen LogP contribution is -2.25. The summed E-state index contributed by atoms with van der Waals surface area (Å²) in [7, 11) is 1.63. The highest BCUT2D eigenvalue weighted by atomic mass is 16.5. The van der Waals surface area contributed by atoms with E-state index in [2.05, 4.69) is 5.32 Å². The van der Waals surface area contributed by atoms with E-state index in [0.717, 1.165) is 24.6 Å². The van der Waals surface area contributed by atoms with Crippen LogP contribution in [-0.2, 0) is 0 Å². The zero-order chi connectivity index (χ0) is 14.2. The quantitative estimate of drug-likeness (QED) is 0.830. The van der Waals surface area contributed by atoms with Crippen LogP contribution in [0.5, 0.6) is 5.75 Å². The average Bonchev–Trinajstić information content (AvgIpc) is 2.76. The summed E-state index contributed by atoms with van der Waals surface area (Å²) in [6, 6.07) is 7.25. The lowest BCUT2D eigenvalue weighted by molar-refractivity contribution is 0.0951. The first kappa shape index (κ1) is 14.9. The Balaban J connectivity index is 1.73. The molecule has 1 amide bonds. The molecule has 1 aromatic carbocycles. The first-order valence-electron chi connectivity index (χ1n) is 7.72. The number of ether oxygens (including phenoxy) is 1. The minimum absolute atomic E-state index is 0.0151. The van der Waals surface area contributed by atoms with Crippen molar-refractivity contribution in [2.75, 3.05) is 13.7 Å². The van der Waals surface area contributed by atoms with E-state index in [1.807, 2.05) is 12.1 Å². The monoisotopic (exact) mass is 275 g/mol. The highest BCUT2D eigenvalue weighted by Gasteiger charge is 2.12. The minimum Gasteiger partial charge on any atom is -0.497 e. The first-order chi connectivity index (χ1) is 9.79. The highest BCUT2D eigenvalue weighted by molar-refractivity contribution is 5.94. The van der Waals surface area contributed by atoms with Gasteiger partial charge >= 0.3 is 0 Å². The van der Waals surface area contributed by atoms with E-state index in [0.29, 0.717) is 5.56 Å². The molecule has 0 atom stereocenters. The summed E-state index contributed by atoms with van der Waals surface area (Å²) >= 11 is 0. The van der Waals surface area contributed by atoms with Crippen molar-refractivity contribution >= 4 is 5.91 Å². The number of hydrogen-bond acceptors (Lipinski definition) is 2. The molecule has 20 heavy (non-hydrogen) atoms. The molecule has 0 heterocycles. The standard InChI is InChI=1S/C17H25NO2/c1-20-16-10-8-15(9-11-16)17(19)18-13-12-14-6-4-2-3-5-7-14/h8-11,14H,2-7,12-13H2,1H3,(H,18,19). The van der Waals surface area contributed by atoms with Crippen molar-refractivity contribution in [1.82, 2.24) is 5.32 Å². The van der Waals surface area contributed by atoms with Crippen molar-refractivity contribution in [2.45, 2.75) is 44.9 Å². The average molecular weight is 275 g/mol. The zero-order valence-corrected chi connectivity index (χ0v) is 12.4. The van der Waals surface area contributed by atoms with Crippen molar-refractivity contribution in [2.24, 2.45) is 5.92 Å². The van der Waals surface area contributed by atoms with Crippen LogP contribution < -0.4 is 10.1 Å². The Morgan fingerprint density at radius 1 is 1.15 bits per heavy atom. The number of carbonyl (C=O) groups is 1. The summed E-state index contributed by atoms with van der Waals surface area (Å²) in [4.78, 5) is 12.0. The molecule has 0 bridgehead atoms. The van der Waals surface area contributed by atoms with E-state index in [1.165, 1.54) is 38.5 Å². The molecular formula is C17H25NO2. The van der Waals surface area contributed by atoms with Crippen molar-refractivity contribution in [1.29, 1.82) is 0 Å². The van der Waals surface area contributed by atoms with Gasteiger partial charge in [-0.25, -0.2) is 0 Å². The summed E-state index contributed by atoms with van der Waals surface area (Å²) in [5.74, 6) is 1.59. The number of carbonyl (C=O) groups excluding carboxylic acids is 1. The topological polar surface area (TPSA) is 38.3 Å². The predicted octanol–water partition coefficient (Wildman–Crippen LogP) is 3.79. The molecule has 1 aliphatic rings. The second-order valence-corrected chi connectivity index (χ2v) is 5.63. The van der Waals surface area contributed by atoms with Gasteiger partial charge < -0.3 is 10.1 Å². The highest BCUT2D eigenvalue weighted by Crippen LogP contribution is 2.24. The normalized spacial score (nSPS) is 16.4. The number of nitrogens with one attached hydrogen (secondary N) is 1. The van der Waals surface area contributed by atoms with Gasteiger partial charge in [-0.1, -0.05) is 38.5 Å². The van der Waals surface area contributed by atoms with Gasteiger partial charge in [0.05, 0.1) is 7.11 Å². The van der Waals surface area contributed by atoms with Crippen molar-refractivity contribution < 1.29 is 9.53 Å². The predicted molar refractivity (Wildman–Crippen MR) is 81.1 cm³/mol. The molecule has 0 unspecified atom stereocenters. The van der Waals surface area contributed by atoms with Crippen LogP contribution >= 0.6 is 0 Å². The lowest BCUT2D eigenvalue weighted by atomic mass is 9.97. The van der Waals surface area contributed by atoms with Crippen LogP contribution in [0.3, 0.4) is 0 Å². The number of hydrogen-bond donors (Lipinski definition) is 1. The second-order valence-electron chi connectivity index (χ2n) is 5.63. The Morgan fingerprint density at radius 3 is 2.40 bits per heavy atom. The molecule has 0 spiro atoms. The lowest BCUT2D eigenvalue weighted by Gasteiger charge is -2.14. The Labute approximate surface area is 121 Å². The van der Waals surface area contributed by atoms with E-state index >= 15 is 0 Å². The smallest absolute Gasteiger partial charge is 0.251 e. The zero-order valence-electron chi connectivity index (χ0n) is 12.4. The van der Waals surface area contributed by atoms with Gasteiger partial charge in [0, 0.05) is 12.1 Å². The maximum Gasteiger partial charge on any atom is 0.251 e. The molecule has 3 nitrogen and oxygen atoms in total. The Kier molecular flexibility index (Phi) is 5.90. The Morgan fingerprint density at radius 2 is 1.80 bits per heavy atom. The molecule has 1 saturated carbocycles. The number of amides is 1. The third-order valence-corrected chi connectivity index (χ3v) is 4.17. The maximum absolute atomic E-state index is 12.0. The summed E-state index contributed by atoms with van der Waals surface area (Å²) in [6.07, 6.45) is 9.26. The van der Waals surface area contributed by atoms with Gasteiger partial charge in [-0.15, -0.1) is 0 Å². The molecule has 1 fully saturated rings. The van der Waals surface area contributed by atoms with Crippen LogP contribution in [0, 0.1) is 5.92 Å². The molecule has 1 N–H and O–H groups in total. The molecular weight excluding hydrogens is 250 g/mol. The third kappa shape index (κ3) is 4.55. The second kappa shape index (κ2) is 7.93. The van der Waals surface area contributed by atoms with Gasteiger partial charge in [-0.2, -0.15) is 0 Å². The van der Waals surface area contributed by atoms with Gasteiger partial charge in [0.1, 0.15) is 5.75 Å². The SMILES string of the molecule is COc1ccc(C(=O)NCCC2CCCCCC2)cc1. The van der Waals surface area contributed by atoms with Crippen molar-refractivity contribution in [3.8, 4) is 5.75 Å². The fourth-order valence-corrected chi connectivity index (χ4v) is 2.89. The fourth-order valence-electron chi connectivity index (χ4n) is 2.89. The summed E-state index contributed by atoms with van der Waals surface area (Å²) in [6.45, 7) is 0.787. The van der Waals surface area contributed by atoms with E-state index in [-0.39, 0.29) is 5.91 Å². The fraction of sp³-hybridized carbons (Fsp3) is 0.588. The van der Waals surface area contributed by atoms with Crippen LogP contribution in [-0.4, -0.2) is 19.6 Å². The van der Waals surface area contributed by atoms with Crippen LogP contribution in [0.15, 0.2) is 24.3 Å². The van der Waals surface area contributed by atoms with Gasteiger partial charge in [-0.05, 0) is 36.6 Å². The molecule has 0 aromatic heterocycles. The van der Waals surface area contributed by atoms with Crippen molar-refractivity contribution in [3.05, 3.63) is 29.8 Å². The molecule has 110 valence electrons. The first-order valence-corrected chi connectivity index (χ1v) is 7.72. The molecule has 0 aliphatic heterocycles. The summed E-state index contributed by atoms with van der Waals surface area (Å²) in [5.41, 5.74) is 0.701. The molecule has 3 heteroatoms. The molecule has 1 aliphatic carbocycles. The van der Waals surface area contributed by atoms with Gasteiger partial charge in [0.2, 0.25) is 0 Å². The molecule has 0 saturated heterocycles. The molecule has 1 aromatic rings. The van der Waals surface area contributed by atoms with Gasteiger partial charge in [0.15, 0.2) is 0 Å². The van der Waals surface area contributed by atoms with Crippen LogP contribution in [0.1, 0.15) is 55.3 Å². The van der Waals surface area contributed by atoms with Gasteiger partial charge in [0.25, 0.3) is 5.91 Å². The molecule has 2 rings (SSSR count). The number of benzene rings is 1. The maximum atomic E-state index is 12.0. The number of rotatable bonds is 5. The van der Waals surface area contributed by atoms with E-state index in [1.54, 1.807) is 19.2 Å². The number of methoxy groups -OCH3 is 1.